The van der Waals surface area contributed by atoms with Crippen molar-refractivity contribution in [3.05, 3.63) is 80.5 Å². The zero-order valence-electron chi connectivity index (χ0n) is 25.3. The van der Waals surface area contributed by atoms with E-state index in [0.29, 0.717) is 18.8 Å². The Labute approximate surface area is 237 Å². The Hall–Kier alpha value is -2.87. The van der Waals surface area contributed by atoms with Crippen LogP contribution in [0.25, 0.3) is 0 Å². The Kier molecular flexibility index (Phi) is 12.2. The molecule has 4 nitrogen and oxygen atoms in total. The van der Waals surface area contributed by atoms with Gasteiger partial charge in [0.2, 0.25) is 0 Å². The van der Waals surface area contributed by atoms with Crippen molar-refractivity contribution in [3.8, 4) is 0 Å². The van der Waals surface area contributed by atoms with Crippen LogP contribution < -0.4 is 11.1 Å². The van der Waals surface area contributed by atoms with Gasteiger partial charge in [-0.2, -0.15) is 8.78 Å². The lowest BCUT2D eigenvalue weighted by molar-refractivity contribution is -0.000752. The van der Waals surface area contributed by atoms with Crippen molar-refractivity contribution in [2.45, 2.75) is 99.8 Å². The molecule has 1 fully saturated rings. The minimum atomic E-state index is -3.79. The first-order valence-corrected chi connectivity index (χ1v) is 14.1. The smallest absolute Gasteiger partial charge is 0.329 e. The van der Waals surface area contributed by atoms with Crippen LogP contribution in [0, 0.1) is 5.82 Å². The van der Waals surface area contributed by atoms with Gasteiger partial charge >= 0.3 is 6.05 Å². The number of aliphatic imine (C=N–C) groups is 1. The molecule has 2 rings (SSSR count). The van der Waals surface area contributed by atoms with Gasteiger partial charge in [-0.25, -0.2) is 13.8 Å². The number of nitrogens with zero attached hydrogens (tertiary/aromatic N) is 2. The maximum absolute atomic E-state index is 15.1. The average Bonchev–Trinajstić information content (AvgIpc) is 2.90. The number of benzene rings is 1. The molecule has 0 aliphatic carbocycles. The summed E-state index contributed by atoms with van der Waals surface area (Å²) in [5.41, 5.74) is 10.9. The number of allylic oxidation sites excluding steroid dienone is 5. The van der Waals surface area contributed by atoms with Crippen LogP contribution in [-0.4, -0.2) is 30.0 Å². The maximum Gasteiger partial charge on any atom is 0.329 e. The lowest BCUT2D eigenvalue weighted by Crippen LogP contribution is -2.36. The number of hydrogen-bond donors (Lipinski definition) is 2. The van der Waals surface area contributed by atoms with Crippen LogP contribution in [0.2, 0.25) is 0 Å². The predicted molar refractivity (Wildman–Crippen MR) is 158 cm³/mol. The minimum absolute atomic E-state index is 0.0520. The number of alkyl halides is 3. The Bertz CT molecular complexity index is 1200. The molecule has 1 aliphatic heterocycles. The lowest BCUT2D eigenvalue weighted by atomic mass is 9.96. The molecular formula is C32H46F4N4. The lowest BCUT2D eigenvalue weighted by Gasteiger charge is -2.33. The molecule has 1 unspecified atom stereocenters. The number of amidine groups is 1. The molecule has 0 saturated carbocycles. The average molecular weight is 563 g/mol. The van der Waals surface area contributed by atoms with E-state index in [9.17, 15) is 13.2 Å². The second-order valence-electron chi connectivity index (χ2n) is 10.8. The molecule has 0 spiro atoms. The topological polar surface area (TPSA) is 53.6 Å². The normalized spacial score (nSPS) is 18.3. The van der Waals surface area contributed by atoms with Crippen LogP contribution in [0.3, 0.4) is 0 Å². The SMILES string of the molecule is CC\C(C)=C(C)/N=C(NCc1cccc(C(N)(F)F)c1F)\C(=C\C(=C(C)C)N1CCCC(F)C1)C(\C)=C(\C)CC. The summed E-state index contributed by atoms with van der Waals surface area (Å²) >= 11 is 0. The Morgan fingerprint density at radius 1 is 1.10 bits per heavy atom. The van der Waals surface area contributed by atoms with Crippen LogP contribution in [0.5, 0.6) is 0 Å². The van der Waals surface area contributed by atoms with Crippen molar-refractivity contribution in [1.82, 2.24) is 10.2 Å². The van der Waals surface area contributed by atoms with E-state index < -0.39 is 23.6 Å². The molecule has 1 aliphatic rings. The van der Waals surface area contributed by atoms with Crippen LogP contribution in [0.4, 0.5) is 17.6 Å². The molecule has 3 N–H and O–H groups in total. The van der Waals surface area contributed by atoms with E-state index in [4.69, 9.17) is 10.7 Å². The summed E-state index contributed by atoms with van der Waals surface area (Å²) in [4.78, 5) is 7.02. The van der Waals surface area contributed by atoms with Crippen molar-refractivity contribution >= 4 is 5.84 Å². The number of likely N-dealkylation sites (tertiary alicyclic amines) is 1. The van der Waals surface area contributed by atoms with E-state index in [0.717, 1.165) is 71.1 Å². The highest BCUT2D eigenvalue weighted by Crippen LogP contribution is 2.28. The van der Waals surface area contributed by atoms with Gasteiger partial charge < -0.3 is 10.2 Å². The van der Waals surface area contributed by atoms with E-state index in [1.165, 1.54) is 12.1 Å². The Morgan fingerprint density at radius 2 is 1.75 bits per heavy atom. The minimum Gasteiger partial charge on any atom is -0.369 e. The first kappa shape index (κ1) is 33.3. The van der Waals surface area contributed by atoms with Crippen molar-refractivity contribution in [1.29, 1.82) is 0 Å². The summed E-state index contributed by atoms with van der Waals surface area (Å²) in [6.45, 7) is 17.1. The molecule has 1 atom stereocenters. The number of halogens is 4. The van der Waals surface area contributed by atoms with Crippen molar-refractivity contribution < 1.29 is 17.6 Å². The summed E-state index contributed by atoms with van der Waals surface area (Å²) in [6, 6.07) is 0.0209. The molecule has 222 valence electrons. The number of nitrogens with one attached hydrogen (secondary N) is 1. The largest absolute Gasteiger partial charge is 0.369 e. The summed E-state index contributed by atoms with van der Waals surface area (Å²) in [7, 11) is 0. The molecule has 1 saturated heterocycles. The highest BCUT2D eigenvalue weighted by Gasteiger charge is 2.30. The molecule has 1 aromatic carbocycles. The van der Waals surface area contributed by atoms with Gasteiger partial charge in [0, 0.05) is 42.2 Å². The van der Waals surface area contributed by atoms with Crippen molar-refractivity contribution in [3.63, 3.8) is 0 Å². The molecule has 0 aromatic heterocycles. The maximum atomic E-state index is 15.1. The Morgan fingerprint density at radius 3 is 2.30 bits per heavy atom. The summed E-state index contributed by atoms with van der Waals surface area (Å²) in [5.74, 6) is -0.554. The van der Waals surface area contributed by atoms with Gasteiger partial charge in [0.25, 0.3) is 0 Å². The first-order valence-electron chi connectivity index (χ1n) is 14.1. The van der Waals surface area contributed by atoms with Gasteiger partial charge in [0.15, 0.2) is 0 Å². The van der Waals surface area contributed by atoms with Crippen LogP contribution in [0.15, 0.2) is 68.5 Å². The molecule has 1 aromatic rings. The van der Waals surface area contributed by atoms with E-state index in [-0.39, 0.29) is 12.1 Å². The van der Waals surface area contributed by atoms with E-state index in [2.05, 4.69) is 17.1 Å². The van der Waals surface area contributed by atoms with Gasteiger partial charge in [0.1, 0.15) is 17.8 Å². The number of hydrogen-bond acceptors (Lipinski definition) is 3. The molecule has 1 heterocycles. The fraction of sp³-hybridized carbons (Fsp3) is 0.531. The standard InChI is InChI=1S/C32H46F4N4/c1-9-21(5)23(7)27(17-29(20(3)4)40-16-12-14-26(33)19-40)31(39-24(8)22(6)10-2)38-18-25-13-11-15-28(30(25)34)32(35,36)37/h11,13,15,17,26H,9-10,12,14,16,18-19,37H2,1-8H3,(H,38,39)/b23-21-,24-22-,27-17+. The summed E-state index contributed by atoms with van der Waals surface area (Å²) in [5, 5.41) is 3.25. The third-order valence-corrected chi connectivity index (χ3v) is 7.64. The highest BCUT2D eigenvalue weighted by atomic mass is 19.3. The quantitative estimate of drug-likeness (QED) is 0.0989. The zero-order valence-corrected chi connectivity index (χ0v) is 25.3. The van der Waals surface area contributed by atoms with Gasteiger partial charge in [-0.1, -0.05) is 42.7 Å². The fourth-order valence-electron chi connectivity index (χ4n) is 4.55. The van der Waals surface area contributed by atoms with Gasteiger partial charge in [0.05, 0.1) is 5.56 Å². The third-order valence-electron chi connectivity index (χ3n) is 7.64. The number of piperidine rings is 1. The fourth-order valence-corrected chi connectivity index (χ4v) is 4.55. The summed E-state index contributed by atoms with van der Waals surface area (Å²) < 4.78 is 57.1. The number of rotatable bonds is 10. The zero-order chi connectivity index (χ0) is 30.2. The van der Waals surface area contributed by atoms with E-state index in [1.54, 1.807) is 0 Å². The van der Waals surface area contributed by atoms with Crippen LogP contribution in [-0.2, 0) is 12.6 Å². The second kappa shape index (κ2) is 14.7. The van der Waals surface area contributed by atoms with Crippen LogP contribution >= 0.6 is 0 Å². The molecule has 40 heavy (non-hydrogen) atoms. The van der Waals surface area contributed by atoms with Gasteiger partial charge in [-0.15, -0.1) is 0 Å². The van der Waals surface area contributed by atoms with Crippen molar-refractivity contribution in [2.75, 3.05) is 13.1 Å². The molecule has 0 amide bonds. The third kappa shape index (κ3) is 8.82. The molecular weight excluding hydrogens is 516 g/mol. The monoisotopic (exact) mass is 562 g/mol. The van der Waals surface area contributed by atoms with E-state index in [1.807, 2.05) is 54.5 Å². The second-order valence-corrected chi connectivity index (χ2v) is 10.8. The predicted octanol–water partition coefficient (Wildman–Crippen LogP) is 8.43. The highest BCUT2D eigenvalue weighted by molar-refractivity contribution is 6.03. The summed E-state index contributed by atoms with van der Waals surface area (Å²) in [6.07, 6.45) is 4.07. The van der Waals surface area contributed by atoms with Gasteiger partial charge in [-0.05, 0) is 84.9 Å². The number of nitrogens with two attached hydrogens (primary N) is 1. The molecule has 0 bridgehead atoms. The molecule has 8 heteroatoms. The Balaban J connectivity index is 2.73. The van der Waals surface area contributed by atoms with Crippen LogP contribution in [0.1, 0.15) is 92.2 Å². The van der Waals surface area contributed by atoms with E-state index >= 15 is 4.39 Å². The molecule has 0 radical (unpaired) electrons. The first-order chi connectivity index (χ1) is 18.7. The van der Waals surface area contributed by atoms with Crippen molar-refractivity contribution in [2.24, 2.45) is 10.7 Å². The van der Waals surface area contributed by atoms with Gasteiger partial charge in [-0.3, -0.25) is 5.73 Å².